The van der Waals surface area contributed by atoms with Gasteiger partial charge in [0, 0.05) is 17.0 Å². The summed E-state index contributed by atoms with van der Waals surface area (Å²) in [5.74, 6) is 1.27. The molecular formula is C15H20ClN3O. The predicted molar refractivity (Wildman–Crippen MR) is 80.5 cm³/mol. The van der Waals surface area contributed by atoms with Gasteiger partial charge in [-0.2, -0.15) is 4.98 Å². The average Bonchev–Trinajstić information content (AvgIpc) is 2.86. The van der Waals surface area contributed by atoms with Crippen molar-refractivity contribution in [1.82, 2.24) is 10.1 Å². The Kier molecular flexibility index (Phi) is 4.78. The normalized spacial score (nSPS) is 11.8. The van der Waals surface area contributed by atoms with Crippen molar-refractivity contribution >= 4 is 11.6 Å². The van der Waals surface area contributed by atoms with Crippen molar-refractivity contribution in [1.29, 1.82) is 0 Å². The molecule has 1 heterocycles. The molecule has 0 radical (unpaired) electrons. The van der Waals surface area contributed by atoms with E-state index in [-0.39, 0.29) is 5.41 Å². The zero-order valence-electron chi connectivity index (χ0n) is 11.9. The molecule has 20 heavy (non-hydrogen) atoms. The van der Waals surface area contributed by atoms with E-state index in [1.807, 2.05) is 24.3 Å². The molecule has 2 aromatic rings. The zero-order valence-corrected chi connectivity index (χ0v) is 12.7. The summed E-state index contributed by atoms with van der Waals surface area (Å²) >= 11 is 5.86. The largest absolute Gasteiger partial charge is 0.339 e. The number of benzene rings is 1. The van der Waals surface area contributed by atoms with Crippen molar-refractivity contribution in [3.8, 4) is 11.4 Å². The van der Waals surface area contributed by atoms with Crippen LogP contribution in [0.25, 0.3) is 11.4 Å². The number of rotatable bonds is 6. The minimum absolute atomic E-state index is 0.198. The van der Waals surface area contributed by atoms with E-state index in [0.29, 0.717) is 23.3 Å². The van der Waals surface area contributed by atoms with Gasteiger partial charge >= 0.3 is 0 Å². The lowest BCUT2D eigenvalue weighted by molar-refractivity contribution is 0.289. The Morgan fingerprint density at radius 3 is 2.55 bits per heavy atom. The maximum atomic E-state index is 5.86. The van der Waals surface area contributed by atoms with Crippen LogP contribution >= 0.6 is 11.6 Å². The molecule has 0 amide bonds. The van der Waals surface area contributed by atoms with E-state index in [4.69, 9.17) is 21.9 Å². The molecule has 0 unspecified atom stereocenters. The van der Waals surface area contributed by atoms with Crippen molar-refractivity contribution in [3.05, 3.63) is 35.2 Å². The lowest BCUT2D eigenvalue weighted by atomic mass is 9.84. The number of halogens is 1. The fourth-order valence-electron chi connectivity index (χ4n) is 2.03. The smallest absolute Gasteiger partial charge is 0.226 e. The predicted octanol–water partition coefficient (Wildman–Crippen LogP) is 3.70. The fraction of sp³-hybridized carbons (Fsp3) is 0.467. The van der Waals surface area contributed by atoms with Crippen LogP contribution in [0, 0.1) is 5.41 Å². The second-order valence-electron chi connectivity index (χ2n) is 5.72. The van der Waals surface area contributed by atoms with Gasteiger partial charge in [0.2, 0.25) is 11.7 Å². The highest BCUT2D eigenvalue weighted by Crippen LogP contribution is 2.26. The summed E-state index contributed by atoms with van der Waals surface area (Å²) in [6.45, 7) is 5.11. The van der Waals surface area contributed by atoms with Gasteiger partial charge in [-0.05, 0) is 49.1 Å². The summed E-state index contributed by atoms with van der Waals surface area (Å²) in [6.07, 6.45) is 2.74. The zero-order chi connectivity index (χ0) is 14.6. The molecule has 0 aliphatic heterocycles. The summed E-state index contributed by atoms with van der Waals surface area (Å²) in [5, 5.41) is 4.70. The Morgan fingerprint density at radius 1 is 1.20 bits per heavy atom. The molecule has 0 atom stereocenters. The van der Waals surface area contributed by atoms with E-state index in [1.54, 1.807) is 0 Å². The Hall–Kier alpha value is -1.39. The number of hydrogen-bond acceptors (Lipinski definition) is 4. The molecule has 2 rings (SSSR count). The quantitative estimate of drug-likeness (QED) is 0.882. The molecule has 0 aliphatic rings. The maximum Gasteiger partial charge on any atom is 0.226 e. The van der Waals surface area contributed by atoms with Crippen LogP contribution in [0.1, 0.15) is 32.6 Å². The molecule has 0 saturated carbocycles. The third-order valence-electron chi connectivity index (χ3n) is 3.41. The van der Waals surface area contributed by atoms with Gasteiger partial charge in [0.25, 0.3) is 0 Å². The van der Waals surface area contributed by atoms with Crippen molar-refractivity contribution in [2.75, 3.05) is 6.54 Å². The van der Waals surface area contributed by atoms with Gasteiger partial charge in [-0.1, -0.05) is 30.6 Å². The van der Waals surface area contributed by atoms with Gasteiger partial charge in [-0.15, -0.1) is 0 Å². The number of hydrogen-bond donors (Lipinski definition) is 1. The van der Waals surface area contributed by atoms with Crippen LogP contribution in [0.4, 0.5) is 0 Å². The topological polar surface area (TPSA) is 64.9 Å². The minimum Gasteiger partial charge on any atom is -0.339 e. The molecule has 0 fully saturated rings. The van der Waals surface area contributed by atoms with Crippen LogP contribution in [0.2, 0.25) is 5.02 Å². The SMILES string of the molecule is CC(C)(CCN)CCc1nc(-c2ccc(Cl)cc2)no1. The fourth-order valence-corrected chi connectivity index (χ4v) is 2.16. The molecule has 108 valence electrons. The first kappa shape index (κ1) is 15.0. The monoisotopic (exact) mass is 293 g/mol. The third-order valence-corrected chi connectivity index (χ3v) is 3.66. The van der Waals surface area contributed by atoms with Crippen LogP contribution in [0.15, 0.2) is 28.8 Å². The van der Waals surface area contributed by atoms with E-state index in [9.17, 15) is 0 Å². The van der Waals surface area contributed by atoms with Gasteiger partial charge in [-0.25, -0.2) is 0 Å². The number of nitrogens with two attached hydrogens (primary N) is 1. The molecule has 0 bridgehead atoms. The average molecular weight is 294 g/mol. The van der Waals surface area contributed by atoms with Crippen LogP contribution in [0.3, 0.4) is 0 Å². The first-order valence-electron chi connectivity index (χ1n) is 6.79. The maximum absolute atomic E-state index is 5.86. The van der Waals surface area contributed by atoms with Crippen molar-refractivity contribution in [2.45, 2.75) is 33.1 Å². The molecule has 1 aromatic heterocycles. The summed E-state index contributed by atoms with van der Waals surface area (Å²) in [5.41, 5.74) is 6.72. The second-order valence-corrected chi connectivity index (χ2v) is 6.16. The number of aryl methyl sites for hydroxylation is 1. The lowest BCUT2D eigenvalue weighted by Crippen LogP contribution is -2.17. The van der Waals surface area contributed by atoms with Crippen molar-refractivity contribution in [2.24, 2.45) is 11.1 Å². The van der Waals surface area contributed by atoms with E-state index in [0.717, 1.165) is 24.8 Å². The summed E-state index contributed by atoms with van der Waals surface area (Å²) in [4.78, 5) is 4.42. The van der Waals surface area contributed by atoms with Gasteiger partial charge in [0.05, 0.1) is 0 Å². The standard InChI is InChI=1S/C15H20ClN3O/c1-15(2,9-10-17)8-7-13-18-14(19-20-13)11-3-5-12(16)6-4-11/h3-6H,7-10,17H2,1-2H3. The van der Waals surface area contributed by atoms with E-state index in [1.165, 1.54) is 0 Å². The van der Waals surface area contributed by atoms with E-state index < -0.39 is 0 Å². The Morgan fingerprint density at radius 2 is 1.90 bits per heavy atom. The third kappa shape index (κ3) is 4.05. The summed E-state index contributed by atoms with van der Waals surface area (Å²) in [6, 6.07) is 7.40. The molecule has 5 heteroatoms. The van der Waals surface area contributed by atoms with Gasteiger partial charge in [0.1, 0.15) is 0 Å². The highest BCUT2D eigenvalue weighted by atomic mass is 35.5. The molecule has 0 saturated heterocycles. The molecular weight excluding hydrogens is 274 g/mol. The Labute approximate surface area is 124 Å². The van der Waals surface area contributed by atoms with Crippen molar-refractivity contribution in [3.63, 3.8) is 0 Å². The molecule has 1 aromatic carbocycles. The Bertz CT molecular complexity index is 549. The van der Waals surface area contributed by atoms with Gasteiger partial charge < -0.3 is 10.3 Å². The summed E-state index contributed by atoms with van der Waals surface area (Å²) in [7, 11) is 0. The number of nitrogens with zero attached hydrogens (tertiary/aromatic N) is 2. The Balaban J connectivity index is 2.00. The highest BCUT2D eigenvalue weighted by Gasteiger charge is 2.18. The molecule has 4 nitrogen and oxygen atoms in total. The van der Waals surface area contributed by atoms with Crippen LogP contribution in [0.5, 0.6) is 0 Å². The first-order valence-corrected chi connectivity index (χ1v) is 7.16. The molecule has 2 N–H and O–H groups in total. The van der Waals surface area contributed by atoms with Crippen LogP contribution < -0.4 is 5.73 Å². The van der Waals surface area contributed by atoms with Gasteiger partial charge in [0.15, 0.2) is 0 Å². The van der Waals surface area contributed by atoms with Crippen LogP contribution in [-0.2, 0) is 6.42 Å². The van der Waals surface area contributed by atoms with Gasteiger partial charge in [-0.3, -0.25) is 0 Å². The first-order chi connectivity index (χ1) is 9.50. The number of aromatic nitrogens is 2. The molecule has 0 aliphatic carbocycles. The summed E-state index contributed by atoms with van der Waals surface area (Å²) < 4.78 is 5.30. The van der Waals surface area contributed by atoms with Crippen LogP contribution in [-0.4, -0.2) is 16.7 Å². The minimum atomic E-state index is 0.198. The van der Waals surface area contributed by atoms with Crippen molar-refractivity contribution < 1.29 is 4.52 Å². The second kappa shape index (κ2) is 6.37. The highest BCUT2D eigenvalue weighted by molar-refractivity contribution is 6.30. The van der Waals surface area contributed by atoms with E-state index >= 15 is 0 Å². The molecule has 0 spiro atoms. The van der Waals surface area contributed by atoms with E-state index in [2.05, 4.69) is 24.0 Å². The lowest BCUT2D eigenvalue weighted by Gasteiger charge is -2.22.